The first-order valence-electron chi connectivity index (χ1n) is 8.66. The molecular formula is C20H16N6O2S. The monoisotopic (exact) mass is 404 g/mol. The van der Waals surface area contributed by atoms with Gasteiger partial charge in [-0.1, -0.05) is 17.7 Å². The van der Waals surface area contributed by atoms with Gasteiger partial charge in [0.1, 0.15) is 12.2 Å². The van der Waals surface area contributed by atoms with Crippen LogP contribution < -0.4 is 4.72 Å². The highest BCUT2D eigenvalue weighted by Gasteiger charge is 2.20. The maximum absolute atomic E-state index is 12.8. The van der Waals surface area contributed by atoms with Crippen LogP contribution in [0.25, 0.3) is 22.6 Å². The summed E-state index contributed by atoms with van der Waals surface area (Å²) in [5.41, 5.74) is 3.10. The summed E-state index contributed by atoms with van der Waals surface area (Å²) in [5.74, 6) is 0.687. The molecule has 2 aromatic carbocycles. The second kappa shape index (κ2) is 7.00. The Morgan fingerprint density at radius 1 is 1.03 bits per heavy atom. The van der Waals surface area contributed by atoms with Crippen molar-refractivity contribution in [2.75, 3.05) is 4.72 Å². The van der Waals surface area contributed by atoms with E-state index in [4.69, 9.17) is 5.26 Å². The molecule has 0 bridgehead atoms. The number of rotatable bonds is 4. The summed E-state index contributed by atoms with van der Waals surface area (Å²) in [6.07, 6.45) is 1.29. The summed E-state index contributed by atoms with van der Waals surface area (Å²) in [6.45, 7) is 1.89. The van der Waals surface area contributed by atoms with E-state index in [-0.39, 0.29) is 10.7 Å². The molecule has 0 amide bonds. The maximum atomic E-state index is 12.8. The van der Waals surface area contributed by atoms with Gasteiger partial charge in [0, 0.05) is 12.6 Å². The van der Waals surface area contributed by atoms with E-state index in [2.05, 4.69) is 25.7 Å². The summed E-state index contributed by atoms with van der Waals surface area (Å²) in [5, 5.41) is 8.97. The lowest BCUT2D eigenvalue weighted by molar-refractivity contribution is 0.601. The number of aromatic nitrogens is 4. The van der Waals surface area contributed by atoms with Gasteiger partial charge in [0.05, 0.1) is 16.5 Å². The van der Waals surface area contributed by atoms with Crippen molar-refractivity contribution >= 4 is 27.0 Å². The van der Waals surface area contributed by atoms with Crippen LogP contribution in [0.1, 0.15) is 11.1 Å². The molecule has 0 aliphatic carbocycles. The predicted molar refractivity (Wildman–Crippen MR) is 108 cm³/mol. The van der Waals surface area contributed by atoms with E-state index in [0.717, 1.165) is 11.1 Å². The molecule has 8 nitrogen and oxygen atoms in total. The standard InChI is InChI=1S/C20H16N6O2S/c1-13-3-9-16(10-4-13)29(27,28)25-18-17-20(23-12-22-18)26(2)19(24-17)15-7-5-14(11-21)6-8-15/h3-10,12H,1-2H3,(H,22,23,25). The lowest BCUT2D eigenvalue weighted by Crippen LogP contribution is -2.14. The molecule has 144 valence electrons. The van der Waals surface area contributed by atoms with Gasteiger partial charge in [0.15, 0.2) is 17.0 Å². The SMILES string of the molecule is Cc1ccc(S(=O)(=O)Nc2ncnc3c2nc(-c2ccc(C#N)cc2)n3C)cc1. The van der Waals surface area contributed by atoms with Crippen LogP contribution in [0.2, 0.25) is 0 Å². The zero-order valence-electron chi connectivity index (χ0n) is 15.7. The molecule has 0 fully saturated rings. The van der Waals surface area contributed by atoms with Crippen molar-refractivity contribution in [3.05, 3.63) is 66.0 Å². The fraction of sp³-hybridized carbons (Fsp3) is 0.100. The molecular weight excluding hydrogens is 388 g/mol. The van der Waals surface area contributed by atoms with Crippen LogP contribution in [0, 0.1) is 18.3 Å². The molecule has 29 heavy (non-hydrogen) atoms. The topological polar surface area (TPSA) is 114 Å². The van der Waals surface area contributed by atoms with Gasteiger partial charge in [0.25, 0.3) is 10.0 Å². The average molecular weight is 404 g/mol. The second-order valence-corrected chi connectivity index (χ2v) is 8.18. The number of sulfonamides is 1. The molecule has 4 aromatic rings. The van der Waals surface area contributed by atoms with Crippen LogP contribution in [0.3, 0.4) is 0 Å². The molecule has 0 unspecified atom stereocenters. The Labute approximate surface area is 167 Å². The maximum Gasteiger partial charge on any atom is 0.263 e. The summed E-state index contributed by atoms with van der Waals surface area (Å²) in [4.78, 5) is 13.0. The third kappa shape index (κ3) is 3.41. The van der Waals surface area contributed by atoms with Gasteiger partial charge in [-0.25, -0.2) is 23.4 Å². The number of nitrogens with zero attached hydrogens (tertiary/aromatic N) is 5. The van der Waals surface area contributed by atoms with Crippen molar-refractivity contribution in [3.8, 4) is 17.5 Å². The summed E-state index contributed by atoms with van der Waals surface area (Å²) in [6, 6.07) is 15.6. The van der Waals surface area contributed by atoms with Crippen molar-refractivity contribution in [3.63, 3.8) is 0 Å². The molecule has 0 saturated heterocycles. The quantitative estimate of drug-likeness (QED) is 0.559. The van der Waals surface area contributed by atoms with E-state index in [0.29, 0.717) is 22.6 Å². The molecule has 0 spiro atoms. The molecule has 0 radical (unpaired) electrons. The molecule has 4 rings (SSSR count). The van der Waals surface area contributed by atoms with Crippen molar-refractivity contribution < 1.29 is 8.42 Å². The van der Waals surface area contributed by atoms with Gasteiger partial charge in [-0.15, -0.1) is 0 Å². The Morgan fingerprint density at radius 3 is 2.38 bits per heavy atom. The van der Waals surface area contributed by atoms with E-state index in [1.807, 2.05) is 6.92 Å². The molecule has 2 aromatic heterocycles. The van der Waals surface area contributed by atoms with E-state index in [1.54, 1.807) is 48.0 Å². The van der Waals surface area contributed by atoms with E-state index >= 15 is 0 Å². The molecule has 0 aliphatic heterocycles. The number of nitriles is 1. The molecule has 0 atom stereocenters. The predicted octanol–water partition coefficient (Wildman–Crippen LogP) is 3.01. The normalized spacial score (nSPS) is 11.3. The lowest BCUT2D eigenvalue weighted by atomic mass is 10.1. The van der Waals surface area contributed by atoms with Crippen LogP contribution in [-0.4, -0.2) is 27.9 Å². The van der Waals surface area contributed by atoms with Gasteiger partial charge in [0.2, 0.25) is 0 Å². The second-order valence-electron chi connectivity index (χ2n) is 6.50. The highest BCUT2D eigenvalue weighted by Crippen LogP contribution is 2.27. The third-order valence-electron chi connectivity index (χ3n) is 4.49. The Bertz CT molecular complexity index is 1350. The fourth-order valence-corrected chi connectivity index (χ4v) is 3.95. The van der Waals surface area contributed by atoms with E-state index < -0.39 is 10.0 Å². The van der Waals surface area contributed by atoms with Gasteiger partial charge < -0.3 is 4.57 Å². The highest BCUT2D eigenvalue weighted by molar-refractivity contribution is 7.92. The number of imidazole rings is 1. The van der Waals surface area contributed by atoms with Gasteiger partial charge in [-0.2, -0.15) is 5.26 Å². The minimum absolute atomic E-state index is 0.103. The number of hydrogen-bond acceptors (Lipinski definition) is 6. The Morgan fingerprint density at radius 2 is 1.72 bits per heavy atom. The van der Waals surface area contributed by atoms with Crippen LogP contribution in [0.4, 0.5) is 5.82 Å². The summed E-state index contributed by atoms with van der Waals surface area (Å²) < 4.78 is 29.8. The highest BCUT2D eigenvalue weighted by atomic mass is 32.2. The molecule has 9 heteroatoms. The van der Waals surface area contributed by atoms with Crippen LogP contribution in [0.15, 0.2) is 59.8 Å². The van der Waals surface area contributed by atoms with Crippen LogP contribution in [0.5, 0.6) is 0 Å². The minimum atomic E-state index is -3.82. The smallest absolute Gasteiger partial charge is 0.263 e. The van der Waals surface area contributed by atoms with Crippen molar-refractivity contribution in [1.29, 1.82) is 5.26 Å². The number of hydrogen-bond donors (Lipinski definition) is 1. The van der Waals surface area contributed by atoms with Crippen molar-refractivity contribution in [1.82, 2.24) is 19.5 Å². The van der Waals surface area contributed by atoms with Crippen LogP contribution in [-0.2, 0) is 17.1 Å². The molecule has 0 aliphatic rings. The minimum Gasteiger partial charge on any atom is -0.312 e. The third-order valence-corrected chi connectivity index (χ3v) is 5.85. The molecule has 1 N–H and O–H groups in total. The first kappa shape index (κ1) is 18.6. The average Bonchev–Trinajstić information content (AvgIpc) is 3.06. The number of anilines is 1. The summed E-state index contributed by atoms with van der Waals surface area (Å²) in [7, 11) is -2.04. The van der Waals surface area contributed by atoms with Gasteiger partial charge >= 0.3 is 0 Å². The van der Waals surface area contributed by atoms with Crippen molar-refractivity contribution in [2.24, 2.45) is 7.05 Å². The van der Waals surface area contributed by atoms with E-state index in [1.165, 1.54) is 18.5 Å². The largest absolute Gasteiger partial charge is 0.312 e. The number of aryl methyl sites for hydroxylation is 2. The van der Waals surface area contributed by atoms with Gasteiger partial charge in [-0.3, -0.25) is 4.72 Å². The van der Waals surface area contributed by atoms with Crippen molar-refractivity contribution in [2.45, 2.75) is 11.8 Å². The van der Waals surface area contributed by atoms with E-state index in [9.17, 15) is 8.42 Å². The number of nitrogens with one attached hydrogen (secondary N) is 1. The first-order chi connectivity index (χ1) is 13.9. The zero-order chi connectivity index (χ0) is 20.6. The van der Waals surface area contributed by atoms with Crippen LogP contribution >= 0.6 is 0 Å². The lowest BCUT2D eigenvalue weighted by Gasteiger charge is -2.07. The number of fused-ring (bicyclic) bond motifs is 1. The zero-order valence-corrected chi connectivity index (χ0v) is 16.5. The Balaban J connectivity index is 1.78. The molecule has 2 heterocycles. The first-order valence-corrected chi connectivity index (χ1v) is 10.1. The summed E-state index contributed by atoms with van der Waals surface area (Å²) >= 11 is 0. The number of benzene rings is 2. The fourth-order valence-electron chi connectivity index (χ4n) is 2.93. The Hall–Kier alpha value is -3.77. The Kier molecular flexibility index (Phi) is 4.48. The molecule has 0 saturated carbocycles. The van der Waals surface area contributed by atoms with Gasteiger partial charge in [-0.05, 0) is 43.3 Å².